The van der Waals surface area contributed by atoms with Gasteiger partial charge in [0.05, 0.1) is 6.54 Å². The molecule has 2 aromatic rings. The average Bonchev–Trinajstić information content (AvgIpc) is 2.77. The van der Waals surface area contributed by atoms with Gasteiger partial charge in [-0.2, -0.15) is 4.68 Å². The zero-order chi connectivity index (χ0) is 14.0. The summed E-state index contributed by atoms with van der Waals surface area (Å²) >= 11 is 0. The molecule has 19 heavy (non-hydrogen) atoms. The summed E-state index contributed by atoms with van der Waals surface area (Å²) in [6.45, 7) is 6.94. The molecule has 1 heterocycles. The Balaban J connectivity index is 2.13. The molecule has 0 bridgehead atoms. The Morgan fingerprint density at radius 1 is 1.26 bits per heavy atom. The van der Waals surface area contributed by atoms with E-state index in [4.69, 9.17) is 0 Å². The topological polar surface area (TPSA) is 73.8 Å². The van der Waals surface area contributed by atoms with E-state index >= 15 is 0 Å². The van der Waals surface area contributed by atoms with Gasteiger partial charge in [0.15, 0.2) is 0 Å². The predicted molar refractivity (Wildman–Crippen MR) is 70.9 cm³/mol. The van der Waals surface area contributed by atoms with Crippen molar-refractivity contribution in [3.8, 4) is 0 Å². The third kappa shape index (κ3) is 3.15. The van der Waals surface area contributed by atoms with Crippen LogP contribution < -0.4 is 0 Å². The molecule has 0 aliphatic rings. The first-order valence-corrected chi connectivity index (χ1v) is 5.99. The predicted octanol–water partition coefficient (Wildman–Crippen LogP) is 2.53. The fourth-order valence-electron chi connectivity index (χ4n) is 1.74. The smallest absolute Gasteiger partial charge is 0.390 e. The summed E-state index contributed by atoms with van der Waals surface area (Å²) in [5.41, 5.74) is 2.40. The van der Waals surface area contributed by atoms with Crippen LogP contribution in [0.15, 0.2) is 30.6 Å². The van der Waals surface area contributed by atoms with Gasteiger partial charge in [-0.25, -0.2) is 0 Å². The van der Waals surface area contributed by atoms with Gasteiger partial charge in [-0.1, -0.05) is 50.0 Å². The molecule has 0 amide bonds. The first-order chi connectivity index (χ1) is 8.86. The molecule has 100 valence electrons. The van der Waals surface area contributed by atoms with Crippen molar-refractivity contribution < 1.29 is 4.92 Å². The Hall–Kier alpha value is -2.24. The molecule has 0 radical (unpaired) electrons. The van der Waals surface area contributed by atoms with Crippen molar-refractivity contribution in [2.24, 2.45) is 0 Å². The average molecular weight is 260 g/mol. The molecule has 6 nitrogen and oxygen atoms in total. The van der Waals surface area contributed by atoms with Gasteiger partial charge >= 0.3 is 5.95 Å². The lowest BCUT2D eigenvalue weighted by atomic mass is 9.87. The van der Waals surface area contributed by atoms with Gasteiger partial charge in [-0.15, -0.1) is 0 Å². The van der Waals surface area contributed by atoms with Gasteiger partial charge in [0, 0.05) is 5.10 Å². The van der Waals surface area contributed by atoms with Crippen LogP contribution in [0.4, 0.5) is 5.95 Å². The Morgan fingerprint density at radius 3 is 2.37 bits per heavy atom. The van der Waals surface area contributed by atoms with Crippen molar-refractivity contribution in [3.63, 3.8) is 0 Å². The van der Waals surface area contributed by atoms with E-state index in [1.807, 2.05) is 12.1 Å². The number of nitrogens with zero attached hydrogens (tertiary/aromatic N) is 4. The van der Waals surface area contributed by atoms with E-state index in [0.717, 1.165) is 5.56 Å². The number of hydrogen-bond donors (Lipinski definition) is 0. The molecule has 6 heteroatoms. The lowest BCUT2D eigenvalue weighted by Gasteiger charge is -2.18. The van der Waals surface area contributed by atoms with Gasteiger partial charge in [0.1, 0.15) is 0 Å². The highest BCUT2D eigenvalue weighted by atomic mass is 16.6. The quantitative estimate of drug-likeness (QED) is 0.627. The largest absolute Gasteiger partial charge is 0.490 e. The van der Waals surface area contributed by atoms with Gasteiger partial charge in [-0.3, -0.25) is 0 Å². The van der Waals surface area contributed by atoms with E-state index in [2.05, 4.69) is 43.0 Å². The molecular formula is C13H16N4O2. The molecule has 0 fully saturated rings. The second-order valence-electron chi connectivity index (χ2n) is 5.45. The fourth-order valence-corrected chi connectivity index (χ4v) is 1.74. The molecule has 0 spiro atoms. The standard InChI is InChI=1S/C13H16N4O2/c1-13(2,3)11-6-4-10(5-7-11)8-16-9-14-12(15-16)17(18)19/h4-7,9H,8H2,1-3H3. The molecular weight excluding hydrogens is 244 g/mol. The van der Waals surface area contributed by atoms with E-state index in [0.29, 0.717) is 6.54 Å². The lowest BCUT2D eigenvalue weighted by molar-refractivity contribution is -0.394. The van der Waals surface area contributed by atoms with Gasteiger partial charge < -0.3 is 10.1 Å². The highest BCUT2D eigenvalue weighted by molar-refractivity contribution is 5.27. The van der Waals surface area contributed by atoms with Crippen LogP contribution in [0.25, 0.3) is 0 Å². The minimum absolute atomic E-state index is 0.116. The molecule has 2 rings (SSSR count). The minimum Gasteiger partial charge on any atom is -0.390 e. The van der Waals surface area contributed by atoms with Crippen molar-refractivity contribution >= 4 is 5.95 Å². The zero-order valence-corrected chi connectivity index (χ0v) is 11.2. The summed E-state index contributed by atoms with van der Waals surface area (Å²) in [6, 6.07) is 8.16. The van der Waals surface area contributed by atoms with Crippen molar-refractivity contribution in [1.29, 1.82) is 0 Å². The molecule has 0 atom stereocenters. The van der Waals surface area contributed by atoms with Crippen LogP contribution >= 0.6 is 0 Å². The third-order valence-corrected chi connectivity index (χ3v) is 2.85. The Kier molecular flexibility index (Phi) is 3.33. The molecule has 0 unspecified atom stereocenters. The number of nitro groups is 1. The first-order valence-electron chi connectivity index (χ1n) is 5.99. The maximum atomic E-state index is 10.5. The number of benzene rings is 1. The number of hydrogen-bond acceptors (Lipinski definition) is 4. The fraction of sp³-hybridized carbons (Fsp3) is 0.385. The normalized spacial score (nSPS) is 11.5. The van der Waals surface area contributed by atoms with Crippen molar-refractivity contribution in [3.05, 3.63) is 51.8 Å². The van der Waals surface area contributed by atoms with Crippen LogP contribution in [0, 0.1) is 10.1 Å². The second-order valence-corrected chi connectivity index (χ2v) is 5.45. The lowest BCUT2D eigenvalue weighted by Crippen LogP contribution is -2.11. The molecule has 1 aromatic heterocycles. The van der Waals surface area contributed by atoms with E-state index in [1.165, 1.54) is 16.6 Å². The number of rotatable bonds is 3. The van der Waals surface area contributed by atoms with Crippen LogP contribution in [0.1, 0.15) is 31.9 Å². The molecule has 0 saturated carbocycles. The van der Waals surface area contributed by atoms with Crippen LogP contribution in [-0.2, 0) is 12.0 Å². The monoisotopic (exact) mass is 260 g/mol. The van der Waals surface area contributed by atoms with Crippen LogP contribution in [0.5, 0.6) is 0 Å². The summed E-state index contributed by atoms with van der Waals surface area (Å²) < 4.78 is 1.46. The van der Waals surface area contributed by atoms with E-state index in [1.54, 1.807) is 0 Å². The minimum atomic E-state index is -0.598. The van der Waals surface area contributed by atoms with E-state index in [9.17, 15) is 10.1 Å². The van der Waals surface area contributed by atoms with Crippen molar-refractivity contribution in [1.82, 2.24) is 14.8 Å². The zero-order valence-electron chi connectivity index (χ0n) is 11.2. The maximum Gasteiger partial charge on any atom is 0.490 e. The van der Waals surface area contributed by atoms with Crippen LogP contribution in [0.2, 0.25) is 0 Å². The molecule has 0 aliphatic carbocycles. The number of aromatic nitrogens is 3. The van der Waals surface area contributed by atoms with Crippen LogP contribution in [-0.4, -0.2) is 19.7 Å². The molecule has 0 saturated heterocycles. The molecule has 1 aromatic carbocycles. The Morgan fingerprint density at radius 2 is 1.89 bits per heavy atom. The van der Waals surface area contributed by atoms with Crippen molar-refractivity contribution in [2.45, 2.75) is 32.7 Å². The maximum absolute atomic E-state index is 10.5. The van der Waals surface area contributed by atoms with Gasteiger partial charge in [0.25, 0.3) is 0 Å². The second kappa shape index (κ2) is 4.79. The summed E-state index contributed by atoms with van der Waals surface area (Å²) in [6.07, 6.45) is 1.37. The summed E-state index contributed by atoms with van der Waals surface area (Å²) in [5, 5.41) is 14.3. The third-order valence-electron chi connectivity index (χ3n) is 2.85. The summed E-state index contributed by atoms with van der Waals surface area (Å²) in [4.78, 5) is 13.5. The molecule has 0 aliphatic heterocycles. The summed E-state index contributed by atoms with van der Waals surface area (Å²) in [7, 11) is 0. The highest BCUT2D eigenvalue weighted by Gasteiger charge is 2.15. The SMILES string of the molecule is CC(C)(C)c1ccc(Cn2cnc([N+](=O)[O-])n2)cc1. The van der Waals surface area contributed by atoms with Crippen molar-refractivity contribution in [2.75, 3.05) is 0 Å². The van der Waals surface area contributed by atoms with Gasteiger partial charge in [0.2, 0.25) is 6.33 Å². The Labute approximate surface area is 111 Å². The van der Waals surface area contributed by atoms with E-state index < -0.39 is 4.92 Å². The first kappa shape index (κ1) is 13.2. The Bertz CT molecular complexity index is 581. The molecule has 0 N–H and O–H groups in total. The van der Waals surface area contributed by atoms with Crippen LogP contribution in [0.3, 0.4) is 0 Å². The highest BCUT2D eigenvalue weighted by Crippen LogP contribution is 2.22. The van der Waals surface area contributed by atoms with E-state index in [-0.39, 0.29) is 11.4 Å². The van der Waals surface area contributed by atoms with Gasteiger partial charge in [-0.05, 0) is 21.5 Å². The summed E-state index contributed by atoms with van der Waals surface area (Å²) in [5.74, 6) is -0.369.